The van der Waals surface area contributed by atoms with Crippen molar-refractivity contribution in [3.05, 3.63) is 65.4 Å². The van der Waals surface area contributed by atoms with Crippen LogP contribution in [0, 0.1) is 12.8 Å². The number of aliphatic hydroxyl groups excluding tert-OH is 1. The van der Waals surface area contributed by atoms with Gasteiger partial charge in [0.15, 0.2) is 5.96 Å². The molecule has 2 aromatic carbocycles. The Morgan fingerprint density at radius 3 is 2.53 bits per heavy atom. The summed E-state index contributed by atoms with van der Waals surface area (Å²) in [6.45, 7) is 8.50. The lowest BCUT2D eigenvalue weighted by atomic mass is 9.97. The van der Waals surface area contributed by atoms with Gasteiger partial charge in [-0.25, -0.2) is 4.99 Å². The zero-order chi connectivity index (χ0) is 22.3. The van der Waals surface area contributed by atoms with E-state index in [-0.39, 0.29) is 0 Å². The predicted molar refractivity (Wildman–Crippen MR) is 131 cm³/mol. The fourth-order valence-electron chi connectivity index (χ4n) is 4.26. The number of guanidine groups is 1. The van der Waals surface area contributed by atoms with Crippen LogP contribution in [0.4, 0.5) is 5.69 Å². The van der Waals surface area contributed by atoms with Gasteiger partial charge in [-0.3, -0.25) is 0 Å². The van der Waals surface area contributed by atoms with E-state index in [0.717, 1.165) is 55.2 Å². The highest BCUT2D eigenvalue weighted by molar-refractivity contribution is 5.83. The zero-order valence-electron chi connectivity index (χ0n) is 19.1. The molecule has 4 rings (SSSR count). The number of anilines is 1. The van der Waals surface area contributed by atoms with E-state index < -0.39 is 0 Å². The van der Waals surface area contributed by atoms with E-state index in [1.165, 1.54) is 16.8 Å². The molecule has 0 saturated carbocycles. The molecule has 0 amide bonds. The van der Waals surface area contributed by atoms with Crippen molar-refractivity contribution >= 4 is 22.6 Å². The second kappa shape index (κ2) is 10.6. The topological polar surface area (TPSA) is 73.0 Å². The lowest BCUT2D eigenvalue weighted by molar-refractivity contribution is 0.203. The number of fused-ring (bicyclic) bond motifs is 1. The molecule has 6 heteroatoms. The number of hydrogen-bond donors (Lipinski definition) is 3. The molecule has 0 radical (unpaired) electrons. The van der Waals surface area contributed by atoms with E-state index in [2.05, 4.69) is 59.7 Å². The Labute approximate surface area is 190 Å². The molecule has 0 atom stereocenters. The number of aliphatic imine (C=N–C) groups is 1. The third-order valence-electron chi connectivity index (χ3n) is 6.30. The van der Waals surface area contributed by atoms with Gasteiger partial charge in [-0.1, -0.05) is 30.3 Å². The number of aryl methyl sites for hydroxylation is 1. The van der Waals surface area contributed by atoms with Crippen molar-refractivity contribution < 1.29 is 9.52 Å². The third-order valence-corrected chi connectivity index (χ3v) is 6.30. The Hall–Kier alpha value is -2.99. The molecule has 2 heterocycles. The second-order valence-corrected chi connectivity index (χ2v) is 8.47. The first-order valence-corrected chi connectivity index (χ1v) is 11.6. The van der Waals surface area contributed by atoms with Gasteiger partial charge in [0.25, 0.3) is 0 Å². The molecule has 0 spiro atoms. The number of furan rings is 1. The van der Waals surface area contributed by atoms with Crippen LogP contribution in [-0.4, -0.2) is 37.3 Å². The Bertz CT molecular complexity index is 1030. The normalized spacial score (nSPS) is 15.3. The number of nitrogens with zero attached hydrogens (tertiary/aromatic N) is 2. The SMILES string of the molecule is CCNC(=NCc1ccc(N2CCC(CO)CC2)cc1)NCc1oc2ccccc2c1C. The number of aliphatic hydroxyl groups is 1. The van der Waals surface area contributed by atoms with Gasteiger partial charge in [-0.2, -0.15) is 0 Å². The molecule has 0 unspecified atom stereocenters. The summed E-state index contributed by atoms with van der Waals surface area (Å²) in [5, 5.41) is 17.2. The zero-order valence-corrected chi connectivity index (χ0v) is 19.1. The molecular weight excluding hydrogens is 400 g/mol. The monoisotopic (exact) mass is 434 g/mol. The Morgan fingerprint density at radius 1 is 1.09 bits per heavy atom. The smallest absolute Gasteiger partial charge is 0.191 e. The van der Waals surface area contributed by atoms with Crippen LogP contribution in [0.2, 0.25) is 0 Å². The molecule has 1 saturated heterocycles. The van der Waals surface area contributed by atoms with Crippen LogP contribution >= 0.6 is 0 Å². The number of hydrogen-bond acceptors (Lipinski definition) is 4. The minimum atomic E-state index is 0.308. The van der Waals surface area contributed by atoms with Crippen molar-refractivity contribution in [3.63, 3.8) is 0 Å². The van der Waals surface area contributed by atoms with Crippen LogP contribution in [0.15, 0.2) is 57.9 Å². The molecular formula is C26H34N4O2. The Morgan fingerprint density at radius 2 is 1.84 bits per heavy atom. The highest BCUT2D eigenvalue weighted by Crippen LogP contribution is 2.25. The minimum absolute atomic E-state index is 0.308. The first kappa shape index (κ1) is 22.2. The van der Waals surface area contributed by atoms with Crippen LogP contribution in [0.1, 0.15) is 36.7 Å². The first-order chi connectivity index (χ1) is 15.7. The van der Waals surface area contributed by atoms with Crippen molar-refractivity contribution in [2.24, 2.45) is 10.9 Å². The largest absolute Gasteiger partial charge is 0.459 e. The van der Waals surface area contributed by atoms with Gasteiger partial charge in [0.1, 0.15) is 11.3 Å². The number of benzene rings is 2. The van der Waals surface area contributed by atoms with Crippen LogP contribution in [0.5, 0.6) is 0 Å². The quantitative estimate of drug-likeness (QED) is 0.384. The van der Waals surface area contributed by atoms with Crippen molar-refractivity contribution in [1.29, 1.82) is 0 Å². The maximum atomic E-state index is 9.33. The van der Waals surface area contributed by atoms with Crippen molar-refractivity contribution in [1.82, 2.24) is 10.6 Å². The lowest BCUT2D eigenvalue weighted by Crippen LogP contribution is -2.36. The van der Waals surface area contributed by atoms with Crippen molar-refractivity contribution in [3.8, 4) is 0 Å². The number of rotatable bonds is 7. The molecule has 6 nitrogen and oxygen atoms in total. The van der Waals surface area contributed by atoms with Gasteiger partial charge in [0, 0.05) is 42.9 Å². The van der Waals surface area contributed by atoms with Crippen LogP contribution < -0.4 is 15.5 Å². The molecule has 1 aliphatic heterocycles. The van der Waals surface area contributed by atoms with E-state index in [0.29, 0.717) is 25.6 Å². The number of para-hydroxylation sites is 1. The Kier molecular flexibility index (Phi) is 7.32. The van der Waals surface area contributed by atoms with Crippen molar-refractivity contribution in [2.45, 2.75) is 39.8 Å². The fraction of sp³-hybridized carbons (Fsp3) is 0.423. The summed E-state index contributed by atoms with van der Waals surface area (Å²) in [7, 11) is 0. The summed E-state index contributed by atoms with van der Waals surface area (Å²) < 4.78 is 6.01. The van der Waals surface area contributed by atoms with E-state index in [1.807, 2.05) is 18.2 Å². The average molecular weight is 435 g/mol. The maximum absolute atomic E-state index is 9.33. The summed E-state index contributed by atoms with van der Waals surface area (Å²) in [4.78, 5) is 7.16. The summed E-state index contributed by atoms with van der Waals surface area (Å²) >= 11 is 0. The minimum Gasteiger partial charge on any atom is -0.459 e. The standard InChI is InChI=1S/C26H34N4O2/c1-3-27-26(29-17-25-19(2)23-6-4-5-7-24(23)32-25)28-16-20-8-10-22(11-9-20)30-14-12-21(18-31)13-15-30/h4-11,21,31H,3,12-18H2,1-2H3,(H2,27,28,29). The van der Waals surface area contributed by atoms with Gasteiger partial charge >= 0.3 is 0 Å². The predicted octanol–water partition coefficient (Wildman–Crippen LogP) is 4.21. The van der Waals surface area contributed by atoms with Gasteiger partial charge in [0.2, 0.25) is 0 Å². The molecule has 3 aromatic rings. The van der Waals surface area contributed by atoms with E-state index >= 15 is 0 Å². The maximum Gasteiger partial charge on any atom is 0.191 e. The van der Waals surface area contributed by atoms with E-state index in [9.17, 15) is 5.11 Å². The highest BCUT2D eigenvalue weighted by Gasteiger charge is 2.18. The molecule has 3 N–H and O–H groups in total. The number of nitrogens with one attached hydrogen (secondary N) is 2. The molecule has 1 aromatic heterocycles. The fourth-order valence-corrected chi connectivity index (χ4v) is 4.26. The van der Waals surface area contributed by atoms with E-state index in [4.69, 9.17) is 9.41 Å². The third kappa shape index (κ3) is 5.25. The molecule has 1 aliphatic rings. The van der Waals surface area contributed by atoms with Crippen LogP contribution in [0.3, 0.4) is 0 Å². The lowest BCUT2D eigenvalue weighted by Gasteiger charge is -2.32. The van der Waals surface area contributed by atoms with Gasteiger partial charge in [-0.05, 0) is 56.4 Å². The molecule has 170 valence electrons. The highest BCUT2D eigenvalue weighted by atomic mass is 16.3. The summed E-state index contributed by atoms with van der Waals surface area (Å²) in [5.74, 6) is 2.17. The summed E-state index contributed by atoms with van der Waals surface area (Å²) in [5.41, 5.74) is 4.52. The molecule has 0 aliphatic carbocycles. The van der Waals surface area contributed by atoms with E-state index in [1.54, 1.807) is 0 Å². The number of piperidine rings is 1. The molecule has 32 heavy (non-hydrogen) atoms. The van der Waals surface area contributed by atoms with Gasteiger partial charge in [-0.15, -0.1) is 0 Å². The first-order valence-electron chi connectivity index (χ1n) is 11.6. The summed E-state index contributed by atoms with van der Waals surface area (Å²) in [6, 6.07) is 16.8. The van der Waals surface area contributed by atoms with Gasteiger partial charge < -0.3 is 25.1 Å². The van der Waals surface area contributed by atoms with Gasteiger partial charge in [0.05, 0.1) is 13.1 Å². The average Bonchev–Trinajstić information content (AvgIpc) is 3.17. The molecule has 1 fully saturated rings. The van der Waals surface area contributed by atoms with Crippen LogP contribution in [0.25, 0.3) is 11.0 Å². The molecule has 0 bridgehead atoms. The Balaban J connectivity index is 1.36. The summed E-state index contributed by atoms with van der Waals surface area (Å²) in [6.07, 6.45) is 2.12. The van der Waals surface area contributed by atoms with Crippen LogP contribution in [-0.2, 0) is 13.1 Å². The second-order valence-electron chi connectivity index (χ2n) is 8.47. The van der Waals surface area contributed by atoms with Crippen molar-refractivity contribution in [2.75, 3.05) is 31.1 Å².